The van der Waals surface area contributed by atoms with Gasteiger partial charge in [0.1, 0.15) is 0 Å². The molecule has 1 heterocycles. The fraction of sp³-hybridized carbons (Fsp3) is 1.00. The highest BCUT2D eigenvalue weighted by atomic mass is 79.9. The Morgan fingerprint density at radius 1 is 1.35 bits per heavy atom. The van der Waals surface area contributed by atoms with Crippen LogP contribution in [0.5, 0.6) is 0 Å². The van der Waals surface area contributed by atoms with Crippen molar-refractivity contribution in [1.29, 1.82) is 0 Å². The average Bonchev–Trinajstić information content (AvgIpc) is 2.56. The molecule has 0 aromatic carbocycles. The minimum atomic E-state index is -3.08. The zero-order chi connectivity index (χ0) is 13.3. The van der Waals surface area contributed by atoms with Gasteiger partial charge in [-0.1, -0.05) is 43.6 Å². The average molecular weight is 326 g/mol. The molecule has 0 N–H and O–H groups in total. The maximum absolute atomic E-state index is 12.3. The molecule has 1 rings (SSSR count). The summed E-state index contributed by atoms with van der Waals surface area (Å²) in [5, 5.41) is 0.739. The third-order valence-electron chi connectivity index (χ3n) is 3.46. The van der Waals surface area contributed by atoms with Crippen LogP contribution in [0.15, 0.2) is 0 Å². The number of hydrogen-bond acceptors (Lipinski definition) is 2. The smallest absolute Gasteiger partial charge is 0.212 e. The van der Waals surface area contributed by atoms with Crippen molar-refractivity contribution in [1.82, 2.24) is 4.31 Å². The Morgan fingerprint density at radius 2 is 1.94 bits per heavy atom. The molecule has 3 nitrogen and oxygen atoms in total. The second kappa shape index (κ2) is 5.57. The van der Waals surface area contributed by atoms with E-state index in [1.54, 1.807) is 4.31 Å². The van der Waals surface area contributed by atoms with E-state index >= 15 is 0 Å². The Labute approximate surface area is 114 Å². The monoisotopic (exact) mass is 325 g/mol. The number of nitrogens with zero attached hydrogens (tertiary/aromatic N) is 1. The zero-order valence-electron chi connectivity index (χ0n) is 11.2. The highest BCUT2D eigenvalue weighted by Crippen LogP contribution is 2.29. The quantitative estimate of drug-likeness (QED) is 0.745. The third-order valence-corrected chi connectivity index (χ3v) is 6.01. The van der Waals surface area contributed by atoms with E-state index in [4.69, 9.17) is 0 Å². The van der Waals surface area contributed by atoms with Gasteiger partial charge in [-0.25, -0.2) is 8.42 Å². The van der Waals surface area contributed by atoms with Crippen molar-refractivity contribution in [2.24, 2.45) is 11.3 Å². The highest BCUT2D eigenvalue weighted by molar-refractivity contribution is 9.09. The molecule has 0 saturated carbocycles. The Hall–Kier alpha value is 0.390. The molecule has 1 aliphatic heterocycles. The van der Waals surface area contributed by atoms with Crippen LogP contribution in [-0.2, 0) is 10.0 Å². The number of alkyl halides is 1. The normalized spacial score (nSPS) is 27.6. The molecule has 1 fully saturated rings. The Balaban J connectivity index is 2.71. The van der Waals surface area contributed by atoms with Gasteiger partial charge in [0, 0.05) is 17.9 Å². The van der Waals surface area contributed by atoms with E-state index in [1.807, 2.05) is 0 Å². The lowest BCUT2D eigenvalue weighted by atomic mass is 9.94. The molecule has 0 amide bonds. The Kier molecular flexibility index (Phi) is 5.07. The van der Waals surface area contributed by atoms with E-state index in [1.165, 1.54) is 0 Å². The van der Waals surface area contributed by atoms with Crippen molar-refractivity contribution in [3.8, 4) is 0 Å². The van der Waals surface area contributed by atoms with Gasteiger partial charge in [0.25, 0.3) is 0 Å². The van der Waals surface area contributed by atoms with Crippen LogP contribution in [0.4, 0.5) is 0 Å². The Bertz CT molecular complexity index is 348. The summed E-state index contributed by atoms with van der Waals surface area (Å²) in [5.74, 6) is 0.728. The summed E-state index contributed by atoms with van der Waals surface area (Å²) in [4.78, 5) is 0. The molecule has 1 aliphatic rings. The molecule has 0 spiro atoms. The van der Waals surface area contributed by atoms with Crippen LogP contribution in [0.3, 0.4) is 0 Å². The molecule has 17 heavy (non-hydrogen) atoms. The van der Waals surface area contributed by atoms with E-state index < -0.39 is 10.0 Å². The highest BCUT2D eigenvalue weighted by Gasteiger charge is 2.38. The minimum absolute atomic E-state index is 0.0717. The first kappa shape index (κ1) is 15.4. The molecular formula is C12H24BrNO2S. The summed E-state index contributed by atoms with van der Waals surface area (Å²) < 4.78 is 26.3. The van der Waals surface area contributed by atoms with Crippen molar-refractivity contribution in [3.63, 3.8) is 0 Å². The van der Waals surface area contributed by atoms with Crippen LogP contribution >= 0.6 is 15.9 Å². The van der Waals surface area contributed by atoms with E-state index in [9.17, 15) is 8.42 Å². The molecule has 0 radical (unpaired) electrons. The van der Waals surface area contributed by atoms with Gasteiger partial charge in [0.05, 0.1) is 5.75 Å². The van der Waals surface area contributed by atoms with Crippen LogP contribution in [-0.4, -0.2) is 36.4 Å². The van der Waals surface area contributed by atoms with E-state index in [0.717, 1.165) is 18.2 Å². The second-order valence-corrected chi connectivity index (χ2v) is 8.91. The van der Waals surface area contributed by atoms with Gasteiger partial charge in [-0.05, 0) is 24.2 Å². The first-order valence-electron chi connectivity index (χ1n) is 6.23. The third kappa shape index (κ3) is 4.21. The molecule has 0 aliphatic carbocycles. The molecule has 0 aromatic rings. The van der Waals surface area contributed by atoms with Gasteiger partial charge in [0.15, 0.2) is 0 Å². The topological polar surface area (TPSA) is 37.4 Å². The van der Waals surface area contributed by atoms with Crippen LogP contribution in [0.2, 0.25) is 0 Å². The molecule has 0 aromatic heterocycles. The summed E-state index contributed by atoms with van der Waals surface area (Å²) in [6.45, 7) is 9.06. The lowest BCUT2D eigenvalue weighted by Crippen LogP contribution is -2.40. The van der Waals surface area contributed by atoms with Crippen molar-refractivity contribution in [2.75, 3.05) is 17.6 Å². The van der Waals surface area contributed by atoms with Gasteiger partial charge in [0.2, 0.25) is 10.0 Å². The summed E-state index contributed by atoms with van der Waals surface area (Å²) in [6, 6.07) is 0.139. The van der Waals surface area contributed by atoms with Crippen molar-refractivity contribution < 1.29 is 8.42 Å². The molecule has 5 heteroatoms. The fourth-order valence-corrected chi connectivity index (χ4v) is 5.46. The van der Waals surface area contributed by atoms with E-state index in [2.05, 4.69) is 43.6 Å². The van der Waals surface area contributed by atoms with Crippen LogP contribution in [0, 0.1) is 11.3 Å². The van der Waals surface area contributed by atoms with Crippen LogP contribution < -0.4 is 0 Å². The van der Waals surface area contributed by atoms with Crippen LogP contribution in [0.25, 0.3) is 0 Å². The van der Waals surface area contributed by atoms with Crippen molar-refractivity contribution >= 4 is 26.0 Å². The second-order valence-electron chi connectivity index (χ2n) is 6.22. The largest absolute Gasteiger partial charge is 0.214 e. The number of halogens is 1. The number of hydrogen-bond donors (Lipinski definition) is 0. The van der Waals surface area contributed by atoms with Crippen molar-refractivity contribution in [3.05, 3.63) is 0 Å². The lowest BCUT2D eigenvalue weighted by Gasteiger charge is -2.26. The molecule has 0 bridgehead atoms. The Morgan fingerprint density at radius 3 is 2.41 bits per heavy atom. The standard InChI is InChI=1S/C12H24BrNO2S/c1-10-5-7-14(11(10)9-13)17(15,16)8-6-12(2,3)4/h10-11H,5-9H2,1-4H3. The summed E-state index contributed by atoms with van der Waals surface area (Å²) >= 11 is 3.43. The van der Waals surface area contributed by atoms with Gasteiger partial charge >= 0.3 is 0 Å². The van der Waals surface area contributed by atoms with Crippen LogP contribution in [0.1, 0.15) is 40.5 Å². The first-order chi connectivity index (χ1) is 7.67. The fourth-order valence-electron chi connectivity index (χ4n) is 2.10. The summed E-state index contributed by atoms with van der Waals surface area (Å²) in [7, 11) is -3.08. The lowest BCUT2D eigenvalue weighted by molar-refractivity contribution is 0.362. The molecule has 1 saturated heterocycles. The minimum Gasteiger partial charge on any atom is -0.212 e. The van der Waals surface area contributed by atoms with E-state index in [-0.39, 0.29) is 17.2 Å². The maximum atomic E-state index is 12.3. The van der Waals surface area contributed by atoms with Crippen molar-refractivity contribution in [2.45, 2.75) is 46.6 Å². The predicted molar refractivity (Wildman–Crippen MR) is 75.9 cm³/mol. The SMILES string of the molecule is CC1CCN(S(=O)(=O)CCC(C)(C)C)C1CBr. The first-order valence-corrected chi connectivity index (χ1v) is 8.96. The number of rotatable bonds is 4. The predicted octanol–water partition coefficient (Wildman–Crippen LogP) is 2.86. The van der Waals surface area contributed by atoms with Gasteiger partial charge in [-0.2, -0.15) is 4.31 Å². The maximum Gasteiger partial charge on any atom is 0.214 e. The number of sulfonamides is 1. The summed E-state index contributed by atoms with van der Waals surface area (Å²) in [5.41, 5.74) is 0.0717. The summed E-state index contributed by atoms with van der Waals surface area (Å²) in [6.07, 6.45) is 1.69. The molecule has 2 atom stereocenters. The zero-order valence-corrected chi connectivity index (χ0v) is 13.6. The van der Waals surface area contributed by atoms with Gasteiger partial charge in [-0.3, -0.25) is 0 Å². The van der Waals surface area contributed by atoms with Gasteiger partial charge < -0.3 is 0 Å². The molecule has 102 valence electrons. The van der Waals surface area contributed by atoms with Gasteiger partial charge in [-0.15, -0.1) is 0 Å². The molecular weight excluding hydrogens is 302 g/mol. The van der Waals surface area contributed by atoms with E-state index in [0.29, 0.717) is 12.5 Å². The molecule has 2 unspecified atom stereocenters.